The Morgan fingerprint density at radius 1 is 1.23 bits per heavy atom. The van der Waals surface area contributed by atoms with E-state index < -0.39 is 0 Å². The molecule has 26 heavy (non-hydrogen) atoms. The van der Waals surface area contributed by atoms with Gasteiger partial charge in [0.05, 0.1) is 5.69 Å². The van der Waals surface area contributed by atoms with Crippen molar-refractivity contribution < 1.29 is 18.8 Å². The van der Waals surface area contributed by atoms with Crippen molar-refractivity contribution in [3.8, 4) is 17.1 Å². The van der Waals surface area contributed by atoms with Crippen molar-refractivity contribution in [1.29, 1.82) is 0 Å². The fourth-order valence-electron chi connectivity index (χ4n) is 2.43. The molecule has 1 aromatic heterocycles. The number of aryl methyl sites for hydroxylation is 2. The quantitative estimate of drug-likeness (QED) is 0.656. The van der Waals surface area contributed by atoms with E-state index in [1.54, 1.807) is 24.3 Å². The first kappa shape index (κ1) is 17.6. The largest absolute Gasteiger partial charge is 0.506 e. The third-order valence-corrected chi connectivity index (χ3v) is 3.79. The lowest BCUT2D eigenvalue weighted by molar-refractivity contribution is -0.116. The van der Waals surface area contributed by atoms with Crippen LogP contribution in [0.1, 0.15) is 24.3 Å². The summed E-state index contributed by atoms with van der Waals surface area (Å²) in [6.07, 6.45) is 1.21. The number of nitrogens with one attached hydrogen (secondary N) is 1. The molecule has 0 aliphatic heterocycles. The summed E-state index contributed by atoms with van der Waals surface area (Å²) < 4.78 is 18.1. The van der Waals surface area contributed by atoms with E-state index in [-0.39, 0.29) is 23.9 Å². The molecule has 3 rings (SSSR count). The van der Waals surface area contributed by atoms with E-state index >= 15 is 0 Å². The molecule has 0 saturated heterocycles. The number of hydrogen-bond acceptors (Lipinski definition) is 5. The Bertz CT molecular complexity index is 907. The van der Waals surface area contributed by atoms with Crippen LogP contribution in [-0.4, -0.2) is 21.2 Å². The highest BCUT2D eigenvalue weighted by Gasteiger charge is 2.11. The maximum Gasteiger partial charge on any atom is 0.226 e. The molecule has 0 saturated carbocycles. The molecule has 3 aromatic rings. The van der Waals surface area contributed by atoms with Crippen molar-refractivity contribution in [2.75, 3.05) is 5.32 Å². The highest BCUT2D eigenvalue weighted by molar-refractivity contribution is 5.92. The number of benzene rings is 2. The van der Waals surface area contributed by atoms with Gasteiger partial charge >= 0.3 is 0 Å². The van der Waals surface area contributed by atoms with Gasteiger partial charge in [0.2, 0.25) is 17.6 Å². The normalized spacial score (nSPS) is 10.7. The van der Waals surface area contributed by atoms with E-state index in [9.17, 15) is 14.3 Å². The molecule has 134 valence electrons. The van der Waals surface area contributed by atoms with Gasteiger partial charge in [0.25, 0.3) is 0 Å². The van der Waals surface area contributed by atoms with Gasteiger partial charge in [-0.3, -0.25) is 4.79 Å². The van der Waals surface area contributed by atoms with Gasteiger partial charge in [0, 0.05) is 18.4 Å². The van der Waals surface area contributed by atoms with E-state index in [1.165, 1.54) is 12.1 Å². The van der Waals surface area contributed by atoms with Crippen LogP contribution in [0.2, 0.25) is 0 Å². The maximum absolute atomic E-state index is 12.9. The highest BCUT2D eigenvalue weighted by atomic mass is 19.1. The predicted molar refractivity (Wildman–Crippen MR) is 94.1 cm³/mol. The summed E-state index contributed by atoms with van der Waals surface area (Å²) in [5, 5.41) is 16.3. The maximum atomic E-state index is 12.9. The molecular weight excluding hydrogens is 337 g/mol. The van der Waals surface area contributed by atoms with Crippen LogP contribution in [0.5, 0.6) is 5.75 Å². The Balaban J connectivity index is 1.50. The fourth-order valence-corrected chi connectivity index (χ4v) is 2.43. The smallest absolute Gasteiger partial charge is 0.226 e. The van der Waals surface area contributed by atoms with Crippen LogP contribution in [0.3, 0.4) is 0 Å². The van der Waals surface area contributed by atoms with Crippen LogP contribution in [0.25, 0.3) is 11.4 Å². The van der Waals surface area contributed by atoms with Gasteiger partial charge in [0.15, 0.2) is 0 Å². The van der Waals surface area contributed by atoms with E-state index in [2.05, 4.69) is 15.5 Å². The number of aromatic nitrogens is 2. The second-order valence-corrected chi connectivity index (χ2v) is 5.94. The van der Waals surface area contributed by atoms with Crippen molar-refractivity contribution in [2.45, 2.75) is 26.2 Å². The number of rotatable bonds is 6. The number of nitrogens with zero attached hydrogens (tertiary/aromatic N) is 2. The van der Waals surface area contributed by atoms with Crippen LogP contribution in [0.15, 0.2) is 47.0 Å². The molecule has 0 spiro atoms. The Kier molecular flexibility index (Phi) is 5.26. The molecule has 2 N–H and O–H groups in total. The molecule has 6 nitrogen and oxygen atoms in total. The van der Waals surface area contributed by atoms with Crippen molar-refractivity contribution in [1.82, 2.24) is 10.1 Å². The Hall–Kier alpha value is -3.22. The van der Waals surface area contributed by atoms with Crippen LogP contribution >= 0.6 is 0 Å². The number of halogens is 1. The molecule has 2 aromatic carbocycles. The average molecular weight is 355 g/mol. The second kappa shape index (κ2) is 7.77. The molecule has 7 heteroatoms. The molecule has 1 amide bonds. The topological polar surface area (TPSA) is 88.3 Å². The van der Waals surface area contributed by atoms with E-state index in [1.807, 2.05) is 13.0 Å². The van der Waals surface area contributed by atoms with Crippen LogP contribution in [0, 0.1) is 12.7 Å². The Labute approximate surface area is 149 Å². The minimum absolute atomic E-state index is 0.0409. The van der Waals surface area contributed by atoms with Gasteiger partial charge in [-0.1, -0.05) is 11.2 Å². The number of aromatic hydroxyl groups is 1. The van der Waals surface area contributed by atoms with Crippen molar-refractivity contribution in [3.05, 3.63) is 59.7 Å². The minimum atomic E-state index is -0.330. The summed E-state index contributed by atoms with van der Waals surface area (Å²) >= 11 is 0. The second-order valence-electron chi connectivity index (χ2n) is 5.94. The standard InChI is InChI=1S/C19H18FN3O3/c1-12-5-10-15(16(24)11-12)21-17(25)3-2-4-18-22-19(23-26-18)13-6-8-14(20)9-7-13/h5-11,24H,2-4H2,1H3,(H,21,25). The van der Waals surface area contributed by atoms with Crippen LogP contribution in [-0.2, 0) is 11.2 Å². The number of carbonyl (C=O) groups excluding carboxylic acids is 1. The number of anilines is 1. The molecule has 0 fully saturated rings. The molecule has 0 unspecified atom stereocenters. The zero-order valence-electron chi connectivity index (χ0n) is 14.2. The zero-order chi connectivity index (χ0) is 18.5. The molecule has 0 radical (unpaired) electrons. The van der Waals surface area contributed by atoms with Crippen molar-refractivity contribution in [2.24, 2.45) is 0 Å². The number of phenolic OH excluding ortho intramolecular Hbond substituents is 1. The first-order chi connectivity index (χ1) is 12.5. The number of amides is 1. The van der Waals surface area contributed by atoms with E-state index in [0.717, 1.165) is 5.56 Å². The van der Waals surface area contributed by atoms with Gasteiger partial charge in [-0.2, -0.15) is 4.98 Å². The van der Waals surface area contributed by atoms with Crippen molar-refractivity contribution in [3.63, 3.8) is 0 Å². The summed E-state index contributed by atoms with van der Waals surface area (Å²) in [6.45, 7) is 1.86. The van der Waals surface area contributed by atoms with E-state index in [0.29, 0.717) is 35.8 Å². The van der Waals surface area contributed by atoms with Gasteiger partial charge < -0.3 is 14.9 Å². The fraction of sp³-hybridized carbons (Fsp3) is 0.211. The minimum Gasteiger partial charge on any atom is -0.506 e. The number of phenols is 1. The summed E-state index contributed by atoms with van der Waals surface area (Å²) in [4.78, 5) is 16.2. The van der Waals surface area contributed by atoms with Gasteiger partial charge in [-0.15, -0.1) is 0 Å². The summed E-state index contributed by atoms with van der Waals surface area (Å²) in [5.74, 6) is 0.300. The van der Waals surface area contributed by atoms with Gasteiger partial charge in [-0.25, -0.2) is 4.39 Å². The highest BCUT2D eigenvalue weighted by Crippen LogP contribution is 2.24. The van der Waals surface area contributed by atoms with Gasteiger partial charge in [-0.05, 0) is 55.3 Å². The average Bonchev–Trinajstić information content (AvgIpc) is 3.07. The Morgan fingerprint density at radius 3 is 2.73 bits per heavy atom. The lowest BCUT2D eigenvalue weighted by atomic mass is 10.2. The van der Waals surface area contributed by atoms with E-state index in [4.69, 9.17) is 4.52 Å². The zero-order valence-corrected chi connectivity index (χ0v) is 14.2. The summed E-state index contributed by atoms with van der Waals surface area (Å²) in [7, 11) is 0. The first-order valence-electron chi connectivity index (χ1n) is 8.19. The first-order valence-corrected chi connectivity index (χ1v) is 8.19. The number of carbonyl (C=O) groups is 1. The van der Waals surface area contributed by atoms with Crippen molar-refractivity contribution >= 4 is 11.6 Å². The molecular formula is C19H18FN3O3. The Morgan fingerprint density at radius 2 is 2.00 bits per heavy atom. The van der Waals surface area contributed by atoms with Gasteiger partial charge in [0.1, 0.15) is 11.6 Å². The molecule has 0 aliphatic carbocycles. The lowest BCUT2D eigenvalue weighted by Gasteiger charge is -2.07. The lowest BCUT2D eigenvalue weighted by Crippen LogP contribution is -2.11. The van der Waals surface area contributed by atoms with Crippen LogP contribution in [0.4, 0.5) is 10.1 Å². The molecule has 1 heterocycles. The summed E-state index contributed by atoms with van der Waals surface area (Å²) in [6, 6.07) is 10.9. The predicted octanol–water partition coefficient (Wildman–Crippen LogP) is 3.85. The third-order valence-electron chi connectivity index (χ3n) is 3.79. The molecule has 0 bridgehead atoms. The van der Waals surface area contributed by atoms with Crippen LogP contribution < -0.4 is 5.32 Å². The SMILES string of the molecule is Cc1ccc(NC(=O)CCCc2nc(-c3ccc(F)cc3)no2)c(O)c1. The summed E-state index contributed by atoms with van der Waals surface area (Å²) in [5.41, 5.74) is 1.96. The molecule has 0 atom stereocenters. The monoisotopic (exact) mass is 355 g/mol. The third kappa shape index (κ3) is 4.44. The molecule has 0 aliphatic rings. The number of hydrogen-bond donors (Lipinski definition) is 2.